The second-order valence-corrected chi connectivity index (χ2v) is 4.54. The molecule has 0 spiro atoms. The highest BCUT2D eigenvalue weighted by atomic mass is 35.5. The van der Waals surface area contributed by atoms with E-state index in [0.29, 0.717) is 17.2 Å². The van der Waals surface area contributed by atoms with Gasteiger partial charge in [-0.25, -0.2) is 0 Å². The molecule has 1 aliphatic rings. The van der Waals surface area contributed by atoms with E-state index >= 15 is 0 Å². The normalized spacial score (nSPS) is 24.7. The van der Waals surface area contributed by atoms with E-state index in [0.717, 1.165) is 18.6 Å². The van der Waals surface area contributed by atoms with Crippen LogP contribution < -0.4 is 10.1 Å². The van der Waals surface area contributed by atoms with Crippen LogP contribution in [0.1, 0.15) is 18.4 Å². The van der Waals surface area contributed by atoms with Crippen LogP contribution in [0.4, 0.5) is 0 Å². The first kappa shape index (κ1) is 10.8. The lowest BCUT2D eigenvalue weighted by Gasteiger charge is -2.35. The van der Waals surface area contributed by atoms with Crippen LogP contribution in [-0.2, 0) is 0 Å². The topological polar surface area (TPSA) is 21.3 Å². The Bertz CT molecular complexity index is 347. The second kappa shape index (κ2) is 4.42. The lowest BCUT2D eigenvalue weighted by atomic mass is 9.89. The molecule has 1 fully saturated rings. The van der Waals surface area contributed by atoms with Gasteiger partial charge in [0, 0.05) is 6.04 Å². The number of nitrogens with one attached hydrogen (secondary N) is 1. The first-order chi connectivity index (χ1) is 7.19. The summed E-state index contributed by atoms with van der Waals surface area (Å²) in [6.07, 6.45) is 2.46. The average molecular weight is 226 g/mol. The molecule has 1 aromatic rings. The number of halogens is 1. The lowest BCUT2D eigenvalue weighted by Crippen LogP contribution is -2.45. The summed E-state index contributed by atoms with van der Waals surface area (Å²) in [5.74, 6) is 0.816. The Morgan fingerprint density at radius 1 is 1.40 bits per heavy atom. The van der Waals surface area contributed by atoms with E-state index in [1.807, 2.05) is 32.2 Å². The van der Waals surface area contributed by atoms with Gasteiger partial charge in [0.25, 0.3) is 0 Å². The summed E-state index contributed by atoms with van der Waals surface area (Å²) in [5, 5.41) is 3.93. The molecule has 1 aromatic carbocycles. The Hall–Kier alpha value is -0.730. The molecule has 1 saturated carbocycles. The zero-order chi connectivity index (χ0) is 10.8. The molecular weight excluding hydrogens is 210 g/mol. The number of rotatable bonds is 3. The second-order valence-electron chi connectivity index (χ2n) is 4.13. The van der Waals surface area contributed by atoms with Crippen molar-refractivity contribution in [3.8, 4) is 5.75 Å². The Labute approximate surface area is 95.6 Å². The van der Waals surface area contributed by atoms with Gasteiger partial charge in [-0.05, 0) is 44.5 Å². The zero-order valence-corrected chi connectivity index (χ0v) is 9.84. The van der Waals surface area contributed by atoms with Crippen LogP contribution in [-0.4, -0.2) is 19.2 Å². The molecule has 1 N–H and O–H groups in total. The lowest BCUT2D eigenvalue weighted by molar-refractivity contribution is 0.0885. The van der Waals surface area contributed by atoms with Gasteiger partial charge >= 0.3 is 0 Å². The molecular formula is C12H16ClNO. The van der Waals surface area contributed by atoms with Crippen molar-refractivity contribution in [3.63, 3.8) is 0 Å². The predicted molar refractivity (Wildman–Crippen MR) is 62.7 cm³/mol. The summed E-state index contributed by atoms with van der Waals surface area (Å²) in [6, 6.07) is 6.49. The van der Waals surface area contributed by atoms with Gasteiger partial charge in [0.1, 0.15) is 11.9 Å². The molecule has 82 valence electrons. The Kier molecular flexibility index (Phi) is 3.17. The number of hydrogen-bond donors (Lipinski definition) is 1. The van der Waals surface area contributed by atoms with Crippen LogP contribution >= 0.6 is 11.6 Å². The molecule has 0 aromatic heterocycles. The van der Waals surface area contributed by atoms with Crippen molar-refractivity contribution in [2.24, 2.45) is 0 Å². The third-order valence-corrected chi connectivity index (χ3v) is 3.20. The molecule has 0 heterocycles. The first-order valence-electron chi connectivity index (χ1n) is 5.29. The summed E-state index contributed by atoms with van der Waals surface area (Å²) in [5.41, 5.74) is 1.18. The van der Waals surface area contributed by atoms with Gasteiger partial charge in [-0.2, -0.15) is 0 Å². The highest BCUT2D eigenvalue weighted by Gasteiger charge is 2.29. The highest BCUT2D eigenvalue weighted by molar-refractivity contribution is 6.32. The van der Waals surface area contributed by atoms with Crippen molar-refractivity contribution in [1.29, 1.82) is 0 Å². The van der Waals surface area contributed by atoms with E-state index in [4.69, 9.17) is 16.3 Å². The minimum absolute atomic E-state index is 0.321. The Morgan fingerprint density at radius 2 is 2.13 bits per heavy atom. The molecule has 0 saturated heterocycles. The maximum Gasteiger partial charge on any atom is 0.138 e. The van der Waals surface area contributed by atoms with Gasteiger partial charge in [-0.1, -0.05) is 17.7 Å². The molecule has 2 nitrogen and oxygen atoms in total. The molecule has 2 rings (SSSR count). The van der Waals surface area contributed by atoms with Gasteiger partial charge in [0.15, 0.2) is 0 Å². The van der Waals surface area contributed by atoms with Crippen LogP contribution in [0.5, 0.6) is 5.75 Å². The van der Waals surface area contributed by atoms with Gasteiger partial charge in [-0.15, -0.1) is 0 Å². The maximum atomic E-state index is 6.05. The van der Waals surface area contributed by atoms with Crippen LogP contribution in [0.3, 0.4) is 0 Å². The first-order valence-corrected chi connectivity index (χ1v) is 5.67. The molecule has 0 bridgehead atoms. The summed E-state index contributed by atoms with van der Waals surface area (Å²) < 4.78 is 5.82. The fraction of sp³-hybridized carbons (Fsp3) is 0.500. The number of hydrogen-bond acceptors (Lipinski definition) is 2. The van der Waals surface area contributed by atoms with Crippen LogP contribution in [0.2, 0.25) is 5.02 Å². The molecule has 1 aliphatic carbocycles. The van der Waals surface area contributed by atoms with E-state index in [1.165, 1.54) is 5.56 Å². The number of benzene rings is 1. The highest BCUT2D eigenvalue weighted by Crippen LogP contribution is 2.31. The van der Waals surface area contributed by atoms with Crippen LogP contribution in [0.15, 0.2) is 18.2 Å². The monoisotopic (exact) mass is 225 g/mol. The Morgan fingerprint density at radius 3 is 2.80 bits per heavy atom. The molecule has 0 radical (unpaired) electrons. The molecule has 15 heavy (non-hydrogen) atoms. The smallest absolute Gasteiger partial charge is 0.138 e. The summed E-state index contributed by atoms with van der Waals surface area (Å²) in [4.78, 5) is 0. The van der Waals surface area contributed by atoms with Crippen molar-refractivity contribution in [2.45, 2.75) is 31.9 Å². The average Bonchev–Trinajstić information content (AvgIpc) is 2.16. The zero-order valence-electron chi connectivity index (χ0n) is 9.09. The van der Waals surface area contributed by atoms with Crippen molar-refractivity contribution in [3.05, 3.63) is 28.8 Å². The van der Waals surface area contributed by atoms with Gasteiger partial charge in [-0.3, -0.25) is 0 Å². The fourth-order valence-corrected chi connectivity index (χ4v) is 1.94. The van der Waals surface area contributed by atoms with Gasteiger partial charge in [0.05, 0.1) is 5.02 Å². The van der Waals surface area contributed by atoms with Crippen molar-refractivity contribution in [1.82, 2.24) is 5.32 Å². The SMILES string of the molecule is CNC1CC(Oc2cc(C)ccc2Cl)C1. The fourth-order valence-electron chi connectivity index (χ4n) is 1.78. The summed E-state index contributed by atoms with van der Waals surface area (Å²) >= 11 is 6.05. The van der Waals surface area contributed by atoms with Crippen molar-refractivity contribution in [2.75, 3.05) is 7.05 Å². The van der Waals surface area contributed by atoms with Crippen LogP contribution in [0, 0.1) is 6.92 Å². The van der Waals surface area contributed by atoms with Gasteiger partial charge < -0.3 is 10.1 Å². The molecule has 3 heteroatoms. The van der Waals surface area contributed by atoms with Crippen LogP contribution in [0.25, 0.3) is 0 Å². The minimum atomic E-state index is 0.321. The predicted octanol–water partition coefficient (Wildman–Crippen LogP) is 2.78. The Balaban J connectivity index is 1.97. The van der Waals surface area contributed by atoms with Gasteiger partial charge in [0.2, 0.25) is 0 Å². The van der Waals surface area contributed by atoms with E-state index < -0.39 is 0 Å². The van der Waals surface area contributed by atoms with Crippen molar-refractivity contribution < 1.29 is 4.74 Å². The van der Waals surface area contributed by atoms with E-state index in [1.54, 1.807) is 0 Å². The molecule has 0 amide bonds. The van der Waals surface area contributed by atoms with E-state index in [2.05, 4.69) is 5.32 Å². The third kappa shape index (κ3) is 2.44. The summed E-state index contributed by atoms with van der Waals surface area (Å²) in [7, 11) is 1.99. The molecule has 0 aliphatic heterocycles. The number of aryl methyl sites for hydroxylation is 1. The maximum absolute atomic E-state index is 6.05. The minimum Gasteiger partial charge on any atom is -0.489 e. The van der Waals surface area contributed by atoms with E-state index in [-0.39, 0.29) is 0 Å². The third-order valence-electron chi connectivity index (χ3n) is 2.88. The largest absolute Gasteiger partial charge is 0.489 e. The standard InChI is InChI=1S/C12H16ClNO/c1-8-3-4-11(13)12(5-8)15-10-6-9(7-10)14-2/h3-5,9-10,14H,6-7H2,1-2H3. The van der Waals surface area contributed by atoms with E-state index in [9.17, 15) is 0 Å². The number of ether oxygens (including phenoxy) is 1. The molecule has 0 unspecified atom stereocenters. The molecule has 0 atom stereocenters. The summed E-state index contributed by atoms with van der Waals surface area (Å²) in [6.45, 7) is 2.04. The quantitative estimate of drug-likeness (QED) is 0.854. The van der Waals surface area contributed by atoms with Crippen molar-refractivity contribution >= 4 is 11.6 Å².